The zero-order chi connectivity index (χ0) is 17.3. The summed E-state index contributed by atoms with van der Waals surface area (Å²) in [6, 6.07) is 4.64. The third kappa shape index (κ3) is 4.50. The summed E-state index contributed by atoms with van der Waals surface area (Å²) < 4.78 is 5.79. The molecule has 2 aromatic rings. The van der Waals surface area contributed by atoms with E-state index >= 15 is 0 Å². The van der Waals surface area contributed by atoms with Gasteiger partial charge in [0.1, 0.15) is 5.76 Å². The van der Waals surface area contributed by atoms with Crippen molar-refractivity contribution in [2.45, 2.75) is 84.5 Å². The van der Waals surface area contributed by atoms with Gasteiger partial charge in [-0.1, -0.05) is 48.5 Å². The number of rotatable bonds is 6. The molecule has 128 valence electrons. The first kappa shape index (κ1) is 18.3. The first-order valence-electron chi connectivity index (χ1n) is 8.80. The number of aryl methyl sites for hydroxylation is 1. The fourth-order valence-electron chi connectivity index (χ4n) is 2.79. The van der Waals surface area contributed by atoms with Gasteiger partial charge in [-0.15, -0.1) is 11.3 Å². The fraction of sp³-hybridized carbons (Fsp3) is 0.619. The average molecular weight is 333 g/mol. The van der Waals surface area contributed by atoms with Gasteiger partial charge in [0.15, 0.2) is 0 Å². The second-order valence-electron chi connectivity index (χ2n) is 8.49. The summed E-state index contributed by atoms with van der Waals surface area (Å²) in [5.74, 6) is 1.63. The Bertz CT molecular complexity index is 624. The van der Waals surface area contributed by atoms with Crippen LogP contribution < -0.4 is 0 Å². The normalized spacial score (nSPS) is 14.2. The van der Waals surface area contributed by atoms with Gasteiger partial charge >= 0.3 is 0 Å². The van der Waals surface area contributed by atoms with E-state index in [-0.39, 0.29) is 10.8 Å². The molecule has 2 aromatic heterocycles. The standard InChI is InChI=1S/C21H32OS/c1-8-16-11-19(23-14-16)21(6,7)10-9-15(2)17-12-18(22-13-17)20(3,4)5/h11-15H,8-10H2,1-7H3. The Labute approximate surface area is 146 Å². The second kappa shape index (κ2) is 6.84. The predicted molar refractivity (Wildman–Crippen MR) is 102 cm³/mol. The summed E-state index contributed by atoms with van der Waals surface area (Å²) in [4.78, 5) is 1.52. The van der Waals surface area contributed by atoms with Gasteiger partial charge < -0.3 is 4.42 Å². The van der Waals surface area contributed by atoms with E-state index in [9.17, 15) is 0 Å². The van der Waals surface area contributed by atoms with Crippen molar-refractivity contribution >= 4 is 11.3 Å². The van der Waals surface area contributed by atoms with E-state index < -0.39 is 0 Å². The van der Waals surface area contributed by atoms with Crippen molar-refractivity contribution in [1.82, 2.24) is 0 Å². The van der Waals surface area contributed by atoms with Crippen molar-refractivity contribution < 1.29 is 4.42 Å². The zero-order valence-corrected chi connectivity index (χ0v) is 16.6. The van der Waals surface area contributed by atoms with Crippen LogP contribution in [0.2, 0.25) is 0 Å². The van der Waals surface area contributed by atoms with E-state index in [0.29, 0.717) is 5.92 Å². The highest BCUT2D eigenvalue weighted by molar-refractivity contribution is 7.10. The highest BCUT2D eigenvalue weighted by Crippen LogP contribution is 2.37. The van der Waals surface area contributed by atoms with Gasteiger partial charge in [-0.2, -0.15) is 0 Å². The molecule has 0 bridgehead atoms. The second-order valence-corrected chi connectivity index (χ2v) is 9.40. The smallest absolute Gasteiger partial charge is 0.109 e. The molecule has 0 aliphatic rings. The minimum Gasteiger partial charge on any atom is -0.468 e. The summed E-state index contributed by atoms with van der Waals surface area (Å²) in [5.41, 5.74) is 3.15. The Hall–Kier alpha value is -1.02. The lowest BCUT2D eigenvalue weighted by atomic mass is 9.82. The van der Waals surface area contributed by atoms with Crippen LogP contribution in [0.3, 0.4) is 0 Å². The molecule has 0 aromatic carbocycles. The van der Waals surface area contributed by atoms with Crippen molar-refractivity contribution in [1.29, 1.82) is 0 Å². The molecule has 0 amide bonds. The molecule has 0 spiro atoms. The van der Waals surface area contributed by atoms with Crippen molar-refractivity contribution in [3.63, 3.8) is 0 Å². The maximum Gasteiger partial charge on any atom is 0.109 e. The lowest BCUT2D eigenvalue weighted by molar-refractivity contribution is 0.407. The number of hydrogen-bond donors (Lipinski definition) is 0. The summed E-state index contributed by atoms with van der Waals surface area (Å²) in [5, 5.41) is 2.31. The van der Waals surface area contributed by atoms with E-state index in [4.69, 9.17) is 4.42 Å². The Balaban J connectivity index is 2.00. The first-order chi connectivity index (χ1) is 10.6. The highest BCUT2D eigenvalue weighted by atomic mass is 32.1. The average Bonchev–Trinajstić information content (AvgIpc) is 3.12. The molecular formula is C21H32OS. The number of hydrogen-bond acceptors (Lipinski definition) is 2. The van der Waals surface area contributed by atoms with Gasteiger partial charge in [-0.3, -0.25) is 0 Å². The monoisotopic (exact) mass is 332 g/mol. The van der Waals surface area contributed by atoms with Gasteiger partial charge in [-0.05, 0) is 59.2 Å². The van der Waals surface area contributed by atoms with Crippen LogP contribution in [-0.4, -0.2) is 0 Å². The molecule has 0 N–H and O–H groups in total. The van der Waals surface area contributed by atoms with Crippen LogP contribution in [0.5, 0.6) is 0 Å². The molecule has 0 saturated heterocycles. The number of furan rings is 1. The molecule has 23 heavy (non-hydrogen) atoms. The molecule has 0 aliphatic heterocycles. The molecule has 0 aliphatic carbocycles. The first-order valence-corrected chi connectivity index (χ1v) is 9.68. The van der Waals surface area contributed by atoms with E-state index in [0.717, 1.165) is 12.2 Å². The molecule has 0 fully saturated rings. The van der Waals surface area contributed by atoms with Crippen molar-refractivity contribution in [2.24, 2.45) is 0 Å². The van der Waals surface area contributed by atoms with Crippen LogP contribution in [-0.2, 0) is 17.3 Å². The Morgan fingerprint density at radius 2 is 1.83 bits per heavy atom. The van der Waals surface area contributed by atoms with Gasteiger partial charge in [0.05, 0.1) is 6.26 Å². The molecular weight excluding hydrogens is 300 g/mol. The van der Waals surface area contributed by atoms with Crippen molar-refractivity contribution in [3.05, 3.63) is 45.5 Å². The molecule has 2 rings (SSSR count). The van der Waals surface area contributed by atoms with Gasteiger partial charge in [0, 0.05) is 10.3 Å². The maximum absolute atomic E-state index is 5.79. The van der Waals surface area contributed by atoms with Gasteiger partial charge in [-0.25, -0.2) is 0 Å². The fourth-order valence-corrected chi connectivity index (χ4v) is 3.94. The predicted octanol–water partition coefficient (Wildman–Crippen LogP) is 7.06. The molecule has 1 atom stereocenters. The molecule has 2 heterocycles. The van der Waals surface area contributed by atoms with E-state index in [1.54, 1.807) is 0 Å². The van der Waals surface area contributed by atoms with Gasteiger partial charge in [0.25, 0.3) is 0 Å². The van der Waals surface area contributed by atoms with Crippen molar-refractivity contribution in [2.75, 3.05) is 0 Å². The SMILES string of the molecule is CCc1csc(C(C)(C)CCC(C)c2coc(C(C)(C)C)c2)c1. The molecule has 2 heteroatoms. The van der Waals surface area contributed by atoms with Crippen LogP contribution in [0.15, 0.2) is 28.2 Å². The van der Waals surface area contributed by atoms with E-state index in [1.807, 2.05) is 17.6 Å². The minimum absolute atomic E-state index is 0.0881. The molecule has 1 nitrogen and oxygen atoms in total. The maximum atomic E-state index is 5.79. The zero-order valence-electron chi connectivity index (χ0n) is 15.8. The van der Waals surface area contributed by atoms with E-state index in [2.05, 4.69) is 66.0 Å². The largest absolute Gasteiger partial charge is 0.468 e. The number of thiophene rings is 1. The summed E-state index contributed by atoms with van der Waals surface area (Å²) in [7, 11) is 0. The minimum atomic E-state index is 0.0881. The van der Waals surface area contributed by atoms with Crippen LogP contribution in [0.4, 0.5) is 0 Å². The van der Waals surface area contributed by atoms with Gasteiger partial charge in [0.2, 0.25) is 0 Å². The highest BCUT2D eigenvalue weighted by Gasteiger charge is 2.25. The van der Waals surface area contributed by atoms with E-state index in [1.165, 1.54) is 28.8 Å². The van der Waals surface area contributed by atoms with Crippen LogP contribution >= 0.6 is 11.3 Å². The molecule has 1 unspecified atom stereocenters. The summed E-state index contributed by atoms with van der Waals surface area (Å²) >= 11 is 1.92. The van der Waals surface area contributed by atoms with Crippen LogP contribution in [0.25, 0.3) is 0 Å². The lowest BCUT2D eigenvalue weighted by Gasteiger charge is -2.25. The third-order valence-corrected chi connectivity index (χ3v) is 6.20. The lowest BCUT2D eigenvalue weighted by Crippen LogP contribution is -2.16. The summed E-state index contributed by atoms with van der Waals surface area (Å²) in [6.07, 6.45) is 5.48. The molecule has 0 saturated carbocycles. The van der Waals surface area contributed by atoms with Crippen LogP contribution in [0, 0.1) is 0 Å². The van der Waals surface area contributed by atoms with Crippen molar-refractivity contribution in [3.8, 4) is 0 Å². The Kier molecular flexibility index (Phi) is 5.45. The topological polar surface area (TPSA) is 13.1 Å². The van der Waals surface area contributed by atoms with Crippen LogP contribution in [0.1, 0.15) is 89.0 Å². The summed E-state index contributed by atoms with van der Waals surface area (Å²) in [6.45, 7) is 15.9. The quantitative estimate of drug-likeness (QED) is 0.551. The Morgan fingerprint density at radius 3 is 2.35 bits per heavy atom. The third-order valence-electron chi connectivity index (χ3n) is 4.86. The molecule has 0 radical (unpaired) electrons. The Morgan fingerprint density at radius 1 is 1.13 bits per heavy atom.